The topological polar surface area (TPSA) is 33.1 Å². The van der Waals surface area contributed by atoms with E-state index in [9.17, 15) is 9.50 Å². The molecule has 18 heavy (non-hydrogen) atoms. The first kappa shape index (κ1) is 13.5. The number of halogens is 1. The Morgan fingerprint density at radius 2 is 2.22 bits per heavy atom. The minimum absolute atomic E-state index is 0.237. The number of aryl methyl sites for hydroxylation is 1. The van der Waals surface area contributed by atoms with Crippen LogP contribution in [-0.2, 0) is 6.42 Å². The van der Waals surface area contributed by atoms with E-state index in [0.717, 1.165) is 10.7 Å². The molecule has 0 saturated heterocycles. The van der Waals surface area contributed by atoms with E-state index >= 15 is 0 Å². The van der Waals surface area contributed by atoms with Gasteiger partial charge in [0.15, 0.2) is 0 Å². The van der Waals surface area contributed by atoms with Gasteiger partial charge in [-0.15, -0.1) is 23.1 Å². The first-order valence-corrected chi connectivity index (χ1v) is 7.48. The minimum atomic E-state index is -0.504. The molecule has 0 spiro atoms. The van der Waals surface area contributed by atoms with E-state index < -0.39 is 6.10 Å². The van der Waals surface area contributed by atoms with Crippen LogP contribution in [0.15, 0.2) is 34.5 Å². The molecule has 1 atom stereocenters. The number of aliphatic hydroxyl groups excluding tert-OH is 1. The zero-order valence-electron chi connectivity index (χ0n) is 9.97. The molecule has 0 fully saturated rings. The van der Waals surface area contributed by atoms with E-state index in [2.05, 4.69) is 4.98 Å². The van der Waals surface area contributed by atoms with Crippen molar-refractivity contribution in [3.63, 3.8) is 0 Å². The first-order chi connectivity index (χ1) is 8.65. The van der Waals surface area contributed by atoms with Gasteiger partial charge in [-0.3, -0.25) is 0 Å². The molecule has 0 aliphatic carbocycles. The number of rotatable bonds is 5. The summed E-state index contributed by atoms with van der Waals surface area (Å²) in [6, 6.07) is 6.60. The highest BCUT2D eigenvalue weighted by Crippen LogP contribution is 2.22. The van der Waals surface area contributed by atoms with Gasteiger partial charge < -0.3 is 5.11 Å². The summed E-state index contributed by atoms with van der Waals surface area (Å²) in [6.07, 6.45) is 0.0160. The predicted molar refractivity (Wildman–Crippen MR) is 73.7 cm³/mol. The van der Waals surface area contributed by atoms with Gasteiger partial charge in [-0.25, -0.2) is 9.37 Å². The molecule has 0 amide bonds. The van der Waals surface area contributed by atoms with Gasteiger partial charge in [-0.2, -0.15) is 0 Å². The lowest BCUT2D eigenvalue weighted by Gasteiger charge is -2.09. The van der Waals surface area contributed by atoms with Crippen molar-refractivity contribution in [3.05, 3.63) is 46.2 Å². The zero-order chi connectivity index (χ0) is 13.0. The fourth-order valence-corrected chi connectivity index (χ4v) is 3.05. The van der Waals surface area contributed by atoms with Crippen molar-refractivity contribution in [2.75, 3.05) is 5.75 Å². The minimum Gasteiger partial charge on any atom is -0.392 e. The maximum Gasteiger partial charge on any atom is 0.136 e. The van der Waals surface area contributed by atoms with Crippen molar-refractivity contribution in [1.82, 2.24) is 4.98 Å². The summed E-state index contributed by atoms with van der Waals surface area (Å²) in [5, 5.41) is 12.8. The van der Waals surface area contributed by atoms with Crippen molar-refractivity contribution in [3.8, 4) is 0 Å². The van der Waals surface area contributed by atoms with Crippen molar-refractivity contribution < 1.29 is 9.50 Å². The Kier molecular flexibility index (Phi) is 4.74. The van der Waals surface area contributed by atoms with Crippen LogP contribution in [0.2, 0.25) is 0 Å². The van der Waals surface area contributed by atoms with Gasteiger partial charge in [0.2, 0.25) is 0 Å². The summed E-state index contributed by atoms with van der Waals surface area (Å²) in [5.74, 6) is 0.233. The fraction of sp³-hybridized carbons (Fsp3) is 0.308. The van der Waals surface area contributed by atoms with Crippen molar-refractivity contribution in [2.24, 2.45) is 0 Å². The molecule has 0 bridgehead atoms. The first-order valence-electron chi connectivity index (χ1n) is 5.61. The number of thiazole rings is 1. The summed E-state index contributed by atoms with van der Waals surface area (Å²) in [4.78, 5) is 4.87. The average molecular weight is 283 g/mol. The number of hydrogen-bond donors (Lipinski definition) is 1. The molecular formula is C13H14FNOS2. The van der Waals surface area contributed by atoms with E-state index in [1.807, 2.05) is 12.3 Å². The maximum atomic E-state index is 13.4. The van der Waals surface area contributed by atoms with Crippen LogP contribution in [0.4, 0.5) is 4.39 Å². The number of aromatic nitrogens is 1. The molecule has 5 heteroatoms. The lowest BCUT2D eigenvalue weighted by molar-refractivity contribution is 0.199. The predicted octanol–water partition coefficient (Wildman–Crippen LogP) is 3.29. The third-order valence-electron chi connectivity index (χ3n) is 2.38. The molecule has 0 radical (unpaired) electrons. The molecule has 1 N–H and O–H groups in total. The van der Waals surface area contributed by atoms with Gasteiger partial charge >= 0.3 is 0 Å². The highest BCUT2D eigenvalue weighted by molar-refractivity contribution is 7.99. The second-order valence-corrected chi connectivity index (χ2v) is 6.08. The summed E-state index contributed by atoms with van der Waals surface area (Å²) in [6.45, 7) is 1.94. The van der Waals surface area contributed by atoms with E-state index in [-0.39, 0.29) is 5.82 Å². The van der Waals surface area contributed by atoms with Crippen LogP contribution in [0, 0.1) is 12.7 Å². The molecule has 2 nitrogen and oxygen atoms in total. The van der Waals surface area contributed by atoms with Gasteiger partial charge in [-0.05, 0) is 19.1 Å². The maximum absolute atomic E-state index is 13.4. The molecule has 2 aromatic rings. The summed E-state index contributed by atoms with van der Waals surface area (Å²) in [5.41, 5.74) is 0.902. The Labute approximate surface area is 114 Å². The molecule has 1 aromatic heterocycles. The van der Waals surface area contributed by atoms with Gasteiger partial charge in [0.1, 0.15) is 5.82 Å². The molecule has 2 rings (SSSR count). The van der Waals surface area contributed by atoms with Gasteiger partial charge in [0.05, 0.1) is 16.8 Å². The third-order valence-corrected chi connectivity index (χ3v) is 4.40. The van der Waals surface area contributed by atoms with E-state index in [1.54, 1.807) is 29.5 Å². The number of hydrogen-bond acceptors (Lipinski definition) is 4. The quantitative estimate of drug-likeness (QED) is 0.855. The molecule has 1 unspecified atom stereocenters. The number of thioether (sulfide) groups is 1. The van der Waals surface area contributed by atoms with Crippen LogP contribution >= 0.6 is 23.1 Å². The standard InChI is InChI=1S/C13H14FNOS2/c1-9-15-10(7-17-9)6-11(16)8-18-13-5-3-2-4-12(13)14/h2-5,7,11,16H,6,8H2,1H3. The molecular weight excluding hydrogens is 269 g/mol. The largest absolute Gasteiger partial charge is 0.392 e. The number of aliphatic hydroxyl groups is 1. The van der Waals surface area contributed by atoms with Crippen molar-refractivity contribution >= 4 is 23.1 Å². The molecule has 1 aromatic carbocycles. The molecule has 0 aliphatic heterocycles. The van der Waals surface area contributed by atoms with E-state index in [4.69, 9.17) is 0 Å². The lowest BCUT2D eigenvalue weighted by atomic mass is 10.2. The van der Waals surface area contributed by atoms with Crippen LogP contribution in [-0.4, -0.2) is 21.9 Å². The van der Waals surface area contributed by atoms with Gasteiger partial charge in [0, 0.05) is 22.4 Å². The highest BCUT2D eigenvalue weighted by atomic mass is 32.2. The molecule has 96 valence electrons. The van der Waals surface area contributed by atoms with Crippen LogP contribution < -0.4 is 0 Å². The average Bonchev–Trinajstić information content (AvgIpc) is 2.74. The van der Waals surface area contributed by atoms with Crippen LogP contribution in [0.1, 0.15) is 10.7 Å². The van der Waals surface area contributed by atoms with Gasteiger partial charge in [-0.1, -0.05) is 12.1 Å². The Morgan fingerprint density at radius 1 is 1.44 bits per heavy atom. The molecule has 0 aliphatic rings. The molecule has 1 heterocycles. The van der Waals surface area contributed by atoms with Crippen LogP contribution in [0.3, 0.4) is 0 Å². The van der Waals surface area contributed by atoms with Gasteiger partial charge in [0.25, 0.3) is 0 Å². The van der Waals surface area contributed by atoms with Crippen molar-refractivity contribution in [2.45, 2.75) is 24.3 Å². The highest BCUT2D eigenvalue weighted by Gasteiger charge is 2.10. The van der Waals surface area contributed by atoms with Crippen molar-refractivity contribution in [1.29, 1.82) is 0 Å². The Balaban J connectivity index is 1.85. The smallest absolute Gasteiger partial charge is 0.136 e. The molecule has 0 saturated carbocycles. The Bertz CT molecular complexity index is 515. The lowest BCUT2D eigenvalue weighted by Crippen LogP contribution is -2.13. The second-order valence-electron chi connectivity index (χ2n) is 3.96. The van der Waals surface area contributed by atoms with E-state index in [1.165, 1.54) is 17.8 Å². The second kappa shape index (κ2) is 6.31. The van der Waals surface area contributed by atoms with E-state index in [0.29, 0.717) is 17.1 Å². The monoisotopic (exact) mass is 283 g/mol. The number of nitrogens with zero attached hydrogens (tertiary/aromatic N) is 1. The zero-order valence-corrected chi connectivity index (χ0v) is 11.6. The van der Waals surface area contributed by atoms with Crippen LogP contribution in [0.25, 0.3) is 0 Å². The third kappa shape index (κ3) is 3.80. The SMILES string of the molecule is Cc1nc(CC(O)CSc2ccccc2F)cs1. The Morgan fingerprint density at radius 3 is 2.89 bits per heavy atom. The fourth-order valence-electron chi connectivity index (χ4n) is 1.55. The summed E-state index contributed by atoms with van der Waals surface area (Å²) >= 11 is 2.91. The summed E-state index contributed by atoms with van der Waals surface area (Å²) < 4.78 is 13.4. The Hall–Kier alpha value is -0.910. The normalized spacial score (nSPS) is 12.6. The number of benzene rings is 1. The van der Waals surface area contributed by atoms with Crippen LogP contribution in [0.5, 0.6) is 0 Å². The summed E-state index contributed by atoms with van der Waals surface area (Å²) in [7, 11) is 0.